The number of pyridine rings is 1. The van der Waals surface area contributed by atoms with Gasteiger partial charge in [0.05, 0.1) is 19.3 Å². The molecule has 4 nitrogen and oxygen atoms in total. The van der Waals surface area contributed by atoms with E-state index < -0.39 is 0 Å². The summed E-state index contributed by atoms with van der Waals surface area (Å²) < 4.78 is 5.35. The first-order valence-electron chi connectivity index (χ1n) is 6.61. The fourth-order valence-corrected chi connectivity index (χ4v) is 2.70. The quantitative estimate of drug-likeness (QED) is 0.759. The van der Waals surface area contributed by atoms with Gasteiger partial charge in [-0.1, -0.05) is 35.9 Å². The molecule has 1 aliphatic rings. The van der Waals surface area contributed by atoms with Crippen molar-refractivity contribution < 1.29 is 9.53 Å². The standard InChI is InChI=1S/C15H15ClN2O2/c1-10-9-20-7-6-18(10)15(19)13-8-11-4-2-3-5-12(11)14(16)17-13/h2-5,8,10H,6-7,9H2,1H3/t10-/m1/s1. The van der Waals surface area contributed by atoms with Crippen molar-refractivity contribution >= 4 is 28.3 Å². The summed E-state index contributed by atoms with van der Waals surface area (Å²) in [4.78, 5) is 18.6. The normalized spacial score (nSPS) is 19.3. The van der Waals surface area contributed by atoms with E-state index in [1.165, 1.54) is 0 Å². The number of fused-ring (bicyclic) bond motifs is 1. The average Bonchev–Trinajstić information content (AvgIpc) is 2.47. The van der Waals surface area contributed by atoms with Gasteiger partial charge in [-0.25, -0.2) is 4.98 Å². The summed E-state index contributed by atoms with van der Waals surface area (Å²) in [5.41, 5.74) is 0.391. The molecule has 1 atom stereocenters. The number of carbonyl (C=O) groups excluding carboxylic acids is 1. The Hall–Kier alpha value is -1.65. The van der Waals surface area contributed by atoms with Gasteiger partial charge in [-0.15, -0.1) is 0 Å². The van der Waals surface area contributed by atoms with Gasteiger partial charge in [-0.3, -0.25) is 4.79 Å². The lowest BCUT2D eigenvalue weighted by Crippen LogP contribution is -2.47. The van der Waals surface area contributed by atoms with Crippen LogP contribution in [0.15, 0.2) is 30.3 Å². The van der Waals surface area contributed by atoms with E-state index in [1.54, 1.807) is 11.0 Å². The van der Waals surface area contributed by atoms with E-state index in [0.717, 1.165) is 10.8 Å². The minimum absolute atomic E-state index is 0.0586. The van der Waals surface area contributed by atoms with E-state index in [0.29, 0.717) is 30.6 Å². The molecule has 104 valence electrons. The molecule has 0 unspecified atom stereocenters. The number of nitrogens with zero attached hydrogens (tertiary/aromatic N) is 2. The van der Waals surface area contributed by atoms with Crippen LogP contribution in [0.3, 0.4) is 0 Å². The first kappa shape index (κ1) is 13.3. The Bertz CT molecular complexity index is 659. The SMILES string of the molecule is C[C@@H]1COCCN1C(=O)c1cc2ccccc2c(Cl)n1. The van der Waals surface area contributed by atoms with Crippen LogP contribution in [0.25, 0.3) is 10.8 Å². The van der Waals surface area contributed by atoms with Crippen LogP contribution in [0.2, 0.25) is 5.15 Å². The number of morpholine rings is 1. The molecule has 0 aliphatic carbocycles. The van der Waals surface area contributed by atoms with E-state index in [-0.39, 0.29) is 11.9 Å². The molecule has 0 bridgehead atoms. The fourth-order valence-electron chi connectivity index (χ4n) is 2.44. The van der Waals surface area contributed by atoms with E-state index in [1.807, 2.05) is 31.2 Å². The Morgan fingerprint density at radius 3 is 3.05 bits per heavy atom. The Labute approximate surface area is 122 Å². The van der Waals surface area contributed by atoms with Crippen LogP contribution in [0.1, 0.15) is 17.4 Å². The lowest BCUT2D eigenvalue weighted by atomic mass is 10.1. The second kappa shape index (κ2) is 5.38. The zero-order valence-corrected chi connectivity index (χ0v) is 11.9. The first-order chi connectivity index (χ1) is 9.66. The van der Waals surface area contributed by atoms with E-state index >= 15 is 0 Å². The Morgan fingerprint density at radius 1 is 1.45 bits per heavy atom. The lowest BCUT2D eigenvalue weighted by molar-refractivity contribution is 0.00328. The van der Waals surface area contributed by atoms with E-state index in [2.05, 4.69) is 4.98 Å². The number of aromatic nitrogens is 1. The Morgan fingerprint density at radius 2 is 2.25 bits per heavy atom. The molecule has 0 radical (unpaired) electrons. The number of benzene rings is 1. The van der Waals surface area contributed by atoms with Crippen molar-refractivity contribution in [1.29, 1.82) is 0 Å². The molecule has 1 aliphatic heterocycles. The number of hydrogen-bond acceptors (Lipinski definition) is 3. The average molecular weight is 291 g/mol. The summed E-state index contributed by atoms with van der Waals surface area (Å²) in [6.07, 6.45) is 0. The molecule has 0 N–H and O–H groups in total. The zero-order chi connectivity index (χ0) is 14.1. The molecule has 1 aromatic heterocycles. The van der Waals surface area contributed by atoms with Gasteiger partial charge in [-0.2, -0.15) is 0 Å². The molecule has 0 saturated carbocycles. The molecular formula is C15H15ClN2O2. The van der Waals surface area contributed by atoms with Crippen molar-refractivity contribution in [3.63, 3.8) is 0 Å². The molecule has 2 heterocycles. The molecule has 1 saturated heterocycles. The number of halogens is 1. The van der Waals surface area contributed by atoms with Crippen LogP contribution in [-0.2, 0) is 4.74 Å². The predicted molar refractivity (Wildman–Crippen MR) is 78.1 cm³/mol. The van der Waals surface area contributed by atoms with Crippen LogP contribution >= 0.6 is 11.6 Å². The van der Waals surface area contributed by atoms with Crippen molar-refractivity contribution in [2.45, 2.75) is 13.0 Å². The maximum Gasteiger partial charge on any atom is 0.272 e. The topological polar surface area (TPSA) is 42.4 Å². The molecule has 1 fully saturated rings. The molecule has 1 amide bonds. The second-order valence-corrected chi connectivity index (χ2v) is 5.30. The Kier molecular flexibility index (Phi) is 3.59. The maximum absolute atomic E-state index is 12.6. The third-order valence-electron chi connectivity index (χ3n) is 3.54. The van der Waals surface area contributed by atoms with Gasteiger partial charge in [0.25, 0.3) is 5.91 Å². The molecule has 1 aromatic carbocycles. The van der Waals surface area contributed by atoms with Crippen molar-refractivity contribution in [3.05, 3.63) is 41.2 Å². The molecular weight excluding hydrogens is 276 g/mol. The van der Waals surface area contributed by atoms with Crippen molar-refractivity contribution in [3.8, 4) is 0 Å². The lowest BCUT2D eigenvalue weighted by Gasteiger charge is -2.33. The predicted octanol–water partition coefficient (Wildman–Crippen LogP) is 2.75. The highest BCUT2D eigenvalue weighted by atomic mass is 35.5. The Balaban J connectivity index is 1.99. The third kappa shape index (κ3) is 2.37. The number of ether oxygens (including phenoxy) is 1. The van der Waals surface area contributed by atoms with E-state index in [9.17, 15) is 4.79 Å². The molecule has 3 rings (SSSR count). The summed E-state index contributed by atoms with van der Waals surface area (Å²) in [6.45, 7) is 3.69. The minimum Gasteiger partial charge on any atom is -0.377 e. The molecule has 20 heavy (non-hydrogen) atoms. The molecule has 5 heteroatoms. The van der Waals surface area contributed by atoms with Crippen LogP contribution < -0.4 is 0 Å². The second-order valence-electron chi connectivity index (χ2n) is 4.94. The number of hydrogen-bond donors (Lipinski definition) is 0. The number of rotatable bonds is 1. The van der Waals surface area contributed by atoms with Gasteiger partial charge in [0.15, 0.2) is 0 Å². The van der Waals surface area contributed by atoms with Crippen LogP contribution in [0.5, 0.6) is 0 Å². The van der Waals surface area contributed by atoms with Gasteiger partial charge < -0.3 is 9.64 Å². The molecule has 0 spiro atoms. The number of carbonyl (C=O) groups is 1. The summed E-state index contributed by atoms with van der Waals surface area (Å²) in [5, 5.41) is 2.16. The highest BCUT2D eigenvalue weighted by Gasteiger charge is 2.26. The van der Waals surface area contributed by atoms with Gasteiger partial charge in [0, 0.05) is 11.9 Å². The van der Waals surface area contributed by atoms with Crippen LogP contribution in [0, 0.1) is 0 Å². The van der Waals surface area contributed by atoms with Crippen molar-refractivity contribution in [2.75, 3.05) is 19.8 Å². The fraction of sp³-hybridized carbons (Fsp3) is 0.333. The molecule has 2 aromatic rings. The third-order valence-corrected chi connectivity index (χ3v) is 3.83. The first-order valence-corrected chi connectivity index (χ1v) is 6.98. The van der Waals surface area contributed by atoms with Gasteiger partial charge >= 0.3 is 0 Å². The summed E-state index contributed by atoms with van der Waals surface area (Å²) in [5.74, 6) is -0.0894. The number of amides is 1. The largest absolute Gasteiger partial charge is 0.377 e. The minimum atomic E-state index is -0.0894. The summed E-state index contributed by atoms with van der Waals surface area (Å²) in [6, 6.07) is 9.51. The van der Waals surface area contributed by atoms with E-state index in [4.69, 9.17) is 16.3 Å². The van der Waals surface area contributed by atoms with Crippen LogP contribution in [0.4, 0.5) is 0 Å². The smallest absolute Gasteiger partial charge is 0.272 e. The highest BCUT2D eigenvalue weighted by molar-refractivity contribution is 6.34. The van der Waals surface area contributed by atoms with Crippen molar-refractivity contribution in [1.82, 2.24) is 9.88 Å². The van der Waals surface area contributed by atoms with Gasteiger partial charge in [-0.05, 0) is 18.4 Å². The van der Waals surface area contributed by atoms with Gasteiger partial charge in [0.2, 0.25) is 0 Å². The maximum atomic E-state index is 12.6. The van der Waals surface area contributed by atoms with Crippen molar-refractivity contribution in [2.24, 2.45) is 0 Å². The summed E-state index contributed by atoms with van der Waals surface area (Å²) >= 11 is 6.18. The zero-order valence-electron chi connectivity index (χ0n) is 11.2. The van der Waals surface area contributed by atoms with Crippen LogP contribution in [-0.4, -0.2) is 41.6 Å². The highest BCUT2D eigenvalue weighted by Crippen LogP contribution is 2.23. The summed E-state index contributed by atoms with van der Waals surface area (Å²) in [7, 11) is 0. The van der Waals surface area contributed by atoms with Gasteiger partial charge in [0.1, 0.15) is 10.8 Å². The monoisotopic (exact) mass is 290 g/mol.